The Morgan fingerprint density at radius 2 is 0.286 bits per heavy atom. The van der Waals surface area contributed by atoms with E-state index in [0.29, 0.717) is 0 Å². The van der Waals surface area contributed by atoms with Crippen molar-refractivity contribution in [2.75, 3.05) is 0 Å². The number of hydrogen-bond acceptors (Lipinski definition) is 6. The first kappa shape index (κ1) is 29.1. The lowest BCUT2D eigenvalue weighted by molar-refractivity contribution is 1.23. The van der Waals surface area contributed by atoms with Gasteiger partial charge in [-0.25, -0.2) is 0 Å². The van der Waals surface area contributed by atoms with Gasteiger partial charge in [-0.3, -0.25) is 0 Å². The predicted octanol–water partition coefficient (Wildman–Crippen LogP) is 12.3. The molecule has 0 aliphatic rings. The molecule has 0 amide bonds. The molecule has 0 radical (unpaired) electrons. The summed E-state index contributed by atoms with van der Waals surface area (Å²) >= 11 is 0. The van der Waals surface area contributed by atoms with Gasteiger partial charge in [-0.1, -0.05) is 109 Å². The molecule has 0 aliphatic heterocycles. The molecule has 6 heteroatoms. The highest BCUT2D eigenvalue weighted by molar-refractivity contribution is 5.41. The SMILES string of the molecule is c1ccc(N=Nc2ccccc2)cc1.c1ccc(N=Nc2ccccc2)cc1.c1ccc(N=Nc2ccccc2)cc1. The van der Waals surface area contributed by atoms with E-state index in [9.17, 15) is 0 Å². The van der Waals surface area contributed by atoms with Gasteiger partial charge in [-0.2, -0.15) is 30.7 Å². The maximum absolute atomic E-state index is 4.10. The van der Waals surface area contributed by atoms with E-state index in [1.807, 2.05) is 182 Å². The first-order valence-corrected chi connectivity index (χ1v) is 13.4. The zero-order chi connectivity index (χ0) is 28.9. The fourth-order valence-corrected chi connectivity index (χ4v) is 3.31. The van der Waals surface area contributed by atoms with Gasteiger partial charge in [0.25, 0.3) is 0 Å². The smallest absolute Gasteiger partial charge is 0.0857 e. The minimum atomic E-state index is 0.872. The van der Waals surface area contributed by atoms with Crippen LogP contribution in [0.3, 0.4) is 0 Å². The second-order valence-electron chi connectivity index (χ2n) is 8.61. The van der Waals surface area contributed by atoms with E-state index < -0.39 is 0 Å². The van der Waals surface area contributed by atoms with Crippen LogP contribution in [0.5, 0.6) is 0 Å². The predicted molar refractivity (Wildman–Crippen MR) is 171 cm³/mol. The molecule has 0 spiro atoms. The second kappa shape index (κ2) is 17.7. The molecule has 6 nitrogen and oxygen atoms in total. The van der Waals surface area contributed by atoms with Gasteiger partial charge in [0.1, 0.15) is 0 Å². The van der Waals surface area contributed by atoms with Crippen LogP contribution in [-0.4, -0.2) is 0 Å². The van der Waals surface area contributed by atoms with Gasteiger partial charge in [-0.15, -0.1) is 0 Å². The van der Waals surface area contributed by atoms with E-state index in [1.54, 1.807) is 0 Å². The van der Waals surface area contributed by atoms with E-state index in [1.165, 1.54) is 0 Å². The lowest BCUT2D eigenvalue weighted by atomic mass is 10.3. The van der Waals surface area contributed by atoms with Crippen molar-refractivity contribution >= 4 is 34.1 Å². The molecule has 6 aromatic rings. The lowest BCUT2D eigenvalue weighted by Crippen LogP contribution is -1.62. The highest BCUT2D eigenvalue weighted by Crippen LogP contribution is 2.18. The summed E-state index contributed by atoms with van der Waals surface area (Å²) in [5, 5.41) is 24.6. The normalized spacial score (nSPS) is 10.6. The molecule has 0 atom stereocenters. The largest absolute Gasteiger partial charge is 0.151 e. The monoisotopic (exact) mass is 546 g/mol. The molecule has 0 aromatic heterocycles. The molecule has 204 valence electrons. The highest BCUT2D eigenvalue weighted by Gasteiger charge is 1.89. The molecule has 0 heterocycles. The Balaban J connectivity index is 0.000000145. The van der Waals surface area contributed by atoms with E-state index in [4.69, 9.17) is 0 Å². The quantitative estimate of drug-likeness (QED) is 0.186. The van der Waals surface area contributed by atoms with Crippen LogP contribution in [0.2, 0.25) is 0 Å². The molecule has 0 bridgehead atoms. The molecule has 42 heavy (non-hydrogen) atoms. The van der Waals surface area contributed by atoms with E-state index in [2.05, 4.69) is 30.7 Å². The standard InChI is InChI=1S/3C12H10N2/c3*1-3-7-11(8-4-1)13-14-12-9-5-2-6-10-12/h3*1-10H. The first-order valence-electron chi connectivity index (χ1n) is 13.4. The fourth-order valence-electron chi connectivity index (χ4n) is 3.31. The summed E-state index contributed by atoms with van der Waals surface area (Å²) in [5.41, 5.74) is 5.23. The van der Waals surface area contributed by atoms with Crippen molar-refractivity contribution in [1.82, 2.24) is 0 Å². The Morgan fingerprint density at radius 1 is 0.167 bits per heavy atom. The third-order valence-electron chi connectivity index (χ3n) is 5.38. The first-order chi connectivity index (χ1) is 20.8. The summed E-state index contributed by atoms with van der Waals surface area (Å²) in [6.45, 7) is 0. The van der Waals surface area contributed by atoms with Gasteiger partial charge in [0.15, 0.2) is 0 Å². The molecular weight excluding hydrogens is 516 g/mol. The number of nitrogens with zero attached hydrogens (tertiary/aromatic N) is 6. The maximum atomic E-state index is 4.10. The summed E-state index contributed by atoms with van der Waals surface area (Å²) < 4.78 is 0. The molecular formula is C36H30N6. The average Bonchev–Trinajstić information content (AvgIpc) is 3.09. The Hall–Kier alpha value is -5.88. The topological polar surface area (TPSA) is 74.2 Å². The summed E-state index contributed by atoms with van der Waals surface area (Å²) in [6.07, 6.45) is 0. The van der Waals surface area contributed by atoms with E-state index in [0.717, 1.165) is 34.1 Å². The van der Waals surface area contributed by atoms with Crippen LogP contribution in [0, 0.1) is 0 Å². The summed E-state index contributed by atoms with van der Waals surface area (Å²) in [5.74, 6) is 0. The van der Waals surface area contributed by atoms with Crippen LogP contribution in [0.4, 0.5) is 34.1 Å². The average molecular weight is 547 g/mol. The van der Waals surface area contributed by atoms with Crippen molar-refractivity contribution in [2.45, 2.75) is 0 Å². The summed E-state index contributed by atoms with van der Waals surface area (Å²) in [6, 6.07) is 58.2. The number of rotatable bonds is 6. The molecule has 0 N–H and O–H groups in total. The minimum absolute atomic E-state index is 0.872. The van der Waals surface area contributed by atoms with Gasteiger partial charge >= 0.3 is 0 Å². The van der Waals surface area contributed by atoms with Crippen LogP contribution in [0.15, 0.2) is 213 Å². The van der Waals surface area contributed by atoms with Crippen molar-refractivity contribution < 1.29 is 0 Å². The molecule has 0 unspecified atom stereocenters. The Kier molecular flexibility index (Phi) is 12.2. The second-order valence-corrected chi connectivity index (χ2v) is 8.61. The van der Waals surface area contributed by atoms with E-state index in [-0.39, 0.29) is 0 Å². The van der Waals surface area contributed by atoms with Crippen molar-refractivity contribution in [3.63, 3.8) is 0 Å². The third kappa shape index (κ3) is 11.5. The Labute approximate surface area is 246 Å². The maximum Gasteiger partial charge on any atom is 0.0857 e. The van der Waals surface area contributed by atoms with Crippen molar-refractivity contribution in [3.8, 4) is 0 Å². The number of azo groups is 3. The molecule has 0 fully saturated rings. The molecule has 6 rings (SSSR count). The van der Waals surface area contributed by atoms with Crippen LogP contribution in [0.1, 0.15) is 0 Å². The Bertz CT molecular complexity index is 1300. The van der Waals surface area contributed by atoms with Crippen molar-refractivity contribution in [1.29, 1.82) is 0 Å². The van der Waals surface area contributed by atoms with Crippen LogP contribution in [-0.2, 0) is 0 Å². The van der Waals surface area contributed by atoms with Crippen molar-refractivity contribution in [2.24, 2.45) is 30.7 Å². The number of benzene rings is 6. The van der Waals surface area contributed by atoms with Crippen LogP contribution < -0.4 is 0 Å². The van der Waals surface area contributed by atoms with Crippen molar-refractivity contribution in [3.05, 3.63) is 182 Å². The van der Waals surface area contributed by atoms with Crippen LogP contribution >= 0.6 is 0 Å². The minimum Gasteiger partial charge on any atom is -0.151 e. The molecule has 0 saturated heterocycles. The van der Waals surface area contributed by atoms with Gasteiger partial charge in [0, 0.05) is 0 Å². The lowest BCUT2D eigenvalue weighted by Gasteiger charge is -1.91. The zero-order valence-corrected chi connectivity index (χ0v) is 23.0. The molecule has 6 aromatic carbocycles. The zero-order valence-electron chi connectivity index (χ0n) is 23.0. The van der Waals surface area contributed by atoms with Gasteiger partial charge in [0.05, 0.1) is 34.1 Å². The molecule has 0 aliphatic carbocycles. The van der Waals surface area contributed by atoms with Gasteiger partial charge in [0.2, 0.25) is 0 Å². The van der Waals surface area contributed by atoms with Gasteiger partial charge < -0.3 is 0 Å². The third-order valence-corrected chi connectivity index (χ3v) is 5.38. The fraction of sp³-hybridized carbons (Fsp3) is 0. The van der Waals surface area contributed by atoms with Gasteiger partial charge in [-0.05, 0) is 72.8 Å². The summed E-state index contributed by atoms with van der Waals surface area (Å²) in [7, 11) is 0. The highest BCUT2D eigenvalue weighted by atomic mass is 15.1. The summed E-state index contributed by atoms with van der Waals surface area (Å²) in [4.78, 5) is 0. The molecule has 0 saturated carbocycles. The Morgan fingerprint density at radius 3 is 0.405 bits per heavy atom. The van der Waals surface area contributed by atoms with E-state index >= 15 is 0 Å². The van der Waals surface area contributed by atoms with Crippen LogP contribution in [0.25, 0.3) is 0 Å². The number of hydrogen-bond donors (Lipinski definition) is 0.